The van der Waals surface area contributed by atoms with Gasteiger partial charge in [0.1, 0.15) is 5.75 Å². The Morgan fingerprint density at radius 3 is 2.95 bits per heavy atom. The second kappa shape index (κ2) is 4.08. The molecule has 2 N–H and O–H groups in total. The number of aromatic hydroxyl groups is 1. The third-order valence-electron chi connectivity index (χ3n) is 3.49. The number of hydrogen-bond acceptors (Lipinski definition) is 4. The molecule has 19 heavy (non-hydrogen) atoms. The Labute approximate surface area is 114 Å². The van der Waals surface area contributed by atoms with Crippen LogP contribution in [0.25, 0.3) is 16.2 Å². The largest absolute Gasteiger partial charge is 0.508 e. The van der Waals surface area contributed by atoms with Crippen LogP contribution in [0.4, 0.5) is 0 Å². The van der Waals surface area contributed by atoms with E-state index in [0.717, 1.165) is 35.7 Å². The number of thiazole rings is 1. The molecule has 4 rings (SSSR count). The number of nitrogens with zero attached hydrogens (tertiary/aromatic N) is 2. The Bertz CT molecular complexity index is 742. The maximum absolute atomic E-state index is 9.33. The second-order valence-corrected chi connectivity index (χ2v) is 5.79. The number of aromatic nitrogens is 2. The van der Waals surface area contributed by atoms with Crippen LogP contribution in [0.2, 0.25) is 0 Å². The zero-order valence-corrected chi connectivity index (χ0v) is 11.1. The van der Waals surface area contributed by atoms with Crippen molar-refractivity contribution in [2.45, 2.75) is 13.0 Å². The lowest BCUT2D eigenvalue weighted by Gasteiger charge is -2.11. The quantitative estimate of drug-likeness (QED) is 0.714. The number of rotatable bonds is 1. The van der Waals surface area contributed by atoms with Crippen molar-refractivity contribution in [2.75, 3.05) is 6.54 Å². The minimum atomic E-state index is 0.285. The summed E-state index contributed by atoms with van der Waals surface area (Å²) in [5, 5.41) is 12.7. The summed E-state index contributed by atoms with van der Waals surface area (Å²) in [4.78, 5) is 7.14. The van der Waals surface area contributed by atoms with E-state index in [1.807, 2.05) is 12.1 Å². The van der Waals surface area contributed by atoms with Gasteiger partial charge in [-0.15, -0.1) is 0 Å². The van der Waals surface area contributed by atoms with Gasteiger partial charge in [-0.3, -0.25) is 4.40 Å². The molecule has 0 atom stereocenters. The van der Waals surface area contributed by atoms with Gasteiger partial charge < -0.3 is 10.4 Å². The van der Waals surface area contributed by atoms with Crippen molar-refractivity contribution in [3.63, 3.8) is 0 Å². The molecule has 2 aromatic heterocycles. The summed E-state index contributed by atoms with van der Waals surface area (Å²) in [5.41, 5.74) is 3.39. The Hall–Kier alpha value is -1.85. The van der Waals surface area contributed by atoms with E-state index in [2.05, 4.69) is 20.9 Å². The minimum Gasteiger partial charge on any atom is -0.508 e. The second-order valence-electron chi connectivity index (χ2n) is 4.72. The summed E-state index contributed by atoms with van der Waals surface area (Å²) in [6.07, 6.45) is 3.16. The van der Waals surface area contributed by atoms with Crippen LogP contribution in [0.5, 0.6) is 5.75 Å². The van der Waals surface area contributed by atoms with Crippen molar-refractivity contribution in [2.24, 2.45) is 0 Å². The number of benzene rings is 1. The predicted molar refractivity (Wildman–Crippen MR) is 75.6 cm³/mol. The molecule has 3 heterocycles. The van der Waals surface area contributed by atoms with Crippen LogP contribution in [-0.2, 0) is 13.0 Å². The molecule has 3 aromatic rings. The SMILES string of the molecule is Oc1ccc(-c2cn3c4c(sc3n2)CNCC4)cc1. The smallest absolute Gasteiger partial charge is 0.194 e. The van der Waals surface area contributed by atoms with Crippen LogP contribution in [0.3, 0.4) is 0 Å². The maximum Gasteiger partial charge on any atom is 0.194 e. The third-order valence-corrected chi connectivity index (χ3v) is 4.58. The van der Waals surface area contributed by atoms with Crippen LogP contribution in [0.15, 0.2) is 30.5 Å². The molecule has 0 saturated carbocycles. The Morgan fingerprint density at radius 2 is 2.11 bits per heavy atom. The molecule has 0 aliphatic carbocycles. The fourth-order valence-electron chi connectivity index (χ4n) is 2.51. The van der Waals surface area contributed by atoms with Crippen LogP contribution in [-0.4, -0.2) is 21.0 Å². The third kappa shape index (κ3) is 1.74. The average molecular weight is 271 g/mol. The fourth-order valence-corrected chi connectivity index (χ4v) is 3.63. The van der Waals surface area contributed by atoms with Gasteiger partial charge in [-0.2, -0.15) is 0 Å². The molecule has 0 amide bonds. The highest BCUT2D eigenvalue weighted by Gasteiger charge is 2.17. The molecule has 0 bridgehead atoms. The maximum atomic E-state index is 9.33. The van der Waals surface area contributed by atoms with Crippen molar-refractivity contribution >= 4 is 16.3 Å². The molecule has 5 heteroatoms. The number of hydrogen-bond donors (Lipinski definition) is 2. The Morgan fingerprint density at radius 1 is 1.26 bits per heavy atom. The van der Waals surface area contributed by atoms with Gasteiger partial charge in [-0.25, -0.2) is 4.98 Å². The number of imidazole rings is 1. The number of phenols is 1. The summed E-state index contributed by atoms with van der Waals surface area (Å²) < 4.78 is 2.21. The molecule has 0 spiro atoms. The summed E-state index contributed by atoms with van der Waals surface area (Å²) in [6.45, 7) is 1.99. The van der Waals surface area contributed by atoms with E-state index in [-0.39, 0.29) is 5.75 Å². The van der Waals surface area contributed by atoms with Crippen LogP contribution in [0, 0.1) is 0 Å². The first-order valence-corrected chi connectivity index (χ1v) is 7.13. The lowest BCUT2D eigenvalue weighted by molar-refractivity contribution is 0.475. The van der Waals surface area contributed by atoms with E-state index in [9.17, 15) is 5.11 Å². The van der Waals surface area contributed by atoms with Crippen molar-refractivity contribution < 1.29 is 5.11 Å². The van der Waals surface area contributed by atoms with Gasteiger partial charge in [0, 0.05) is 41.8 Å². The zero-order valence-electron chi connectivity index (χ0n) is 10.3. The van der Waals surface area contributed by atoms with Gasteiger partial charge in [0.15, 0.2) is 4.96 Å². The number of nitrogens with one attached hydrogen (secondary N) is 1. The van der Waals surface area contributed by atoms with Crippen molar-refractivity contribution in [3.8, 4) is 17.0 Å². The molecule has 0 unspecified atom stereocenters. The number of fused-ring (bicyclic) bond motifs is 3. The first-order valence-electron chi connectivity index (χ1n) is 6.31. The first kappa shape index (κ1) is 11.0. The van der Waals surface area contributed by atoms with Gasteiger partial charge in [-0.1, -0.05) is 11.3 Å². The molecule has 96 valence electrons. The molecule has 1 aliphatic rings. The highest BCUT2D eigenvalue weighted by atomic mass is 32.1. The minimum absolute atomic E-state index is 0.285. The normalized spacial score (nSPS) is 14.7. The van der Waals surface area contributed by atoms with Gasteiger partial charge in [-0.05, 0) is 24.3 Å². The van der Waals surface area contributed by atoms with E-state index < -0.39 is 0 Å². The standard InChI is InChI=1S/C14H13N3OS/c18-10-3-1-9(2-4-10)11-8-17-12-5-6-15-7-13(12)19-14(17)16-11/h1-4,8,15,18H,5-7H2. The van der Waals surface area contributed by atoms with Crippen LogP contribution < -0.4 is 5.32 Å². The summed E-state index contributed by atoms with van der Waals surface area (Å²) in [6, 6.07) is 7.19. The van der Waals surface area contributed by atoms with Crippen molar-refractivity contribution in [1.82, 2.24) is 14.7 Å². The van der Waals surface area contributed by atoms with Gasteiger partial charge in [0.25, 0.3) is 0 Å². The average Bonchev–Trinajstić information content (AvgIpc) is 2.97. The molecule has 0 saturated heterocycles. The van der Waals surface area contributed by atoms with Gasteiger partial charge in [0.2, 0.25) is 0 Å². The van der Waals surface area contributed by atoms with Crippen molar-refractivity contribution in [3.05, 3.63) is 41.0 Å². The molecular formula is C14H13N3OS. The van der Waals surface area contributed by atoms with E-state index in [4.69, 9.17) is 0 Å². The topological polar surface area (TPSA) is 49.6 Å². The van der Waals surface area contributed by atoms with Crippen LogP contribution >= 0.6 is 11.3 Å². The highest BCUT2D eigenvalue weighted by molar-refractivity contribution is 7.17. The summed E-state index contributed by atoms with van der Waals surface area (Å²) in [5.74, 6) is 0.285. The first-order chi connectivity index (χ1) is 9.31. The lowest BCUT2D eigenvalue weighted by atomic mass is 10.1. The zero-order chi connectivity index (χ0) is 12.8. The van der Waals surface area contributed by atoms with Gasteiger partial charge in [0.05, 0.1) is 5.69 Å². The molecule has 0 fully saturated rings. The molecular weight excluding hydrogens is 258 g/mol. The van der Waals surface area contributed by atoms with E-state index in [1.165, 1.54) is 10.6 Å². The highest BCUT2D eigenvalue weighted by Crippen LogP contribution is 2.29. The Balaban J connectivity index is 1.84. The van der Waals surface area contributed by atoms with E-state index in [1.54, 1.807) is 23.5 Å². The molecule has 1 aliphatic heterocycles. The number of phenolic OH excluding ortho intramolecular Hbond substituents is 1. The molecule has 0 radical (unpaired) electrons. The van der Waals surface area contributed by atoms with E-state index in [0.29, 0.717) is 0 Å². The lowest BCUT2D eigenvalue weighted by Crippen LogP contribution is -2.23. The van der Waals surface area contributed by atoms with Crippen LogP contribution in [0.1, 0.15) is 10.6 Å². The molecule has 4 nitrogen and oxygen atoms in total. The monoisotopic (exact) mass is 271 g/mol. The summed E-state index contributed by atoms with van der Waals surface area (Å²) >= 11 is 1.76. The Kier molecular flexibility index (Phi) is 2.36. The molecule has 1 aromatic carbocycles. The van der Waals surface area contributed by atoms with Crippen molar-refractivity contribution in [1.29, 1.82) is 0 Å². The fraction of sp³-hybridized carbons (Fsp3) is 0.214. The van der Waals surface area contributed by atoms with Gasteiger partial charge >= 0.3 is 0 Å². The summed E-state index contributed by atoms with van der Waals surface area (Å²) in [7, 11) is 0. The predicted octanol–water partition coefficient (Wildman–Crippen LogP) is 2.41. The van der Waals surface area contributed by atoms with E-state index >= 15 is 0 Å².